The molecule has 0 aliphatic heterocycles. The molecule has 5 nitrogen and oxygen atoms in total. The van der Waals surface area contributed by atoms with Gasteiger partial charge in [0.25, 0.3) is 0 Å². The summed E-state index contributed by atoms with van der Waals surface area (Å²) in [4.78, 5) is 23.9. The van der Waals surface area contributed by atoms with Crippen LogP contribution in [-0.2, 0) is 14.3 Å². The molecule has 0 saturated heterocycles. The first-order valence-corrected chi connectivity index (χ1v) is 10.6. The number of carbonyl (C=O) groups excluding carboxylic acids is 1. The van der Waals surface area contributed by atoms with Crippen molar-refractivity contribution in [2.45, 2.75) is 91.3 Å². The molecule has 0 aromatic heterocycles. The highest BCUT2D eigenvalue weighted by molar-refractivity contribution is 5.75. The standard InChI is InChI=1S/C22H34O5/c1-13(23)27-17-11-22-12-19(17,2)9-6-14(22)20(3)7-5-8-21(4,18(25)26)15(20)10-16(22)24/h14-17,24H,5-12H2,1-4H3,(H,25,26)/t14-,15-,16-,17+,19-,20-,21+,22+/m0/s1. The number of carboxylic acids is 1. The Morgan fingerprint density at radius 1 is 1.07 bits per heavy atom. The summed E-state index contributed by atoms with van der Waals surface area (Å²) in [5.41, 5.74) is -1.15. The van der Waals surface area contributed by atoms with E-state index in [0.29, 0.717) is 18.8 Å². The largest absolute Gasteiger partial charge is 0.481 e. The number of aliphatic hydroxyl groups is 1. The van der Waals surface area contributed by atoms with Crippen LogP contribution in [0.25, 0.3) is 0 Å². The van der Waals surface area contributed by atoms with E-state index in [1.807, 2.05) is 6.92 Å². The number of esters is 1. The lowest BCUT2D eigenvalue weighted by atomic mass is 9.39. The van der Waals surface area contributed by atoms with E-state index >= 15 is 0 Å². The van der Waals surface area contributed by atoms with Gasteiger partial charge in [-0.2, -0.15) is 0 Å². The smallest absolute Gasteiger partial charge is 0.309 e. The number of hydrogen-bond donors (Lipinski definition) is 2. The van der Waals surface area contributed by atoms with E-state index in [4.69, 9.17) is 4.74 Å². The molecule has 4 rings (SSSR count). The van der Waals surface area contributed by atoms with Crippen molar-refractivity contribution in [3.63, 3.8) is 0 Å². The van der Waals surface area contributed by atoms with Gasteiger partial charge in [-0.25, -0.2) is 0 Å². The van der Waals surface area contributed by atoms with Crippen LogP contribution in [0.4, 0.5) is 0 Å². The molecular formula is C22H34O5. The predicted molar refractivity (Wildman–Crippen MR) is 99.9 cm³/mol. The van der Waals surface area contributed by atoms with E-state index in [2.05, 4.69) is 13.8 Å². The van der Waals surface area contributed by atoms with Crippen LogP contribution in [0, 0.1) is 33.5 Å². The minimum Gasteiger partial charge on any atom is -0.481 e. The number of aliphatic carboxylic acids is 1. The Morgan fingerprint density at radius 2 is 1.78 bits per heavy atom. The lowest BCUT2D eigenvalue weighted by Gasteiger charge is -2.65. The normalized spacial score (nSPS) is 54.0. The second kappa shape index (κ2) is 5.71. The second-order valence-electron chi connectivity index (χ2n) is 10.8. The number of hydrogen-bond acceptors (Lipinski definition) is 4. The summed E-state index contributed by atoms with van der Waals surface area (Å²) in [5, 5.41) is 21.4. The molecule has 8 atom stereocenters. The number of carboxylic acid groups (broad SMARTS) is 1. The molecule has 152 valence electrons. The first kappa shape index (κ1) is 19.2. The minimum atomic E-state index is -0.760. The van der Waals surface area contributed by atoms with Crippen molar-refractivity contribution in [3.05, 3.63) is 0 Å². The monoisotopic (exact) mass is 378 g/mol. The van der Waals surface area contributed by atoms with Gasteiger partial charge in [-0.3, -0.25) is 9.59 Å². The molecule has 4 aliphatic carbocycles. The van der Waals surface area contributed by atoms with Crippen LogP contribution in [0.3, 0.4) is 0 Å². The zero-order valence-electron chi connectivity index (χ0n) is 17.1. The number of aliphatic hydroxyl groups excluding tert-OH is 1. The number of carbonyl (C=O) groups is 2. The Kier molecular flexibility index (Phi) is 4.07. The molecular weight excluding hydrogens is 344 g/mol. The molecule has 2 N–H and O–H groups in total. The predicted octanol–water partition coefficient (Wildman–Crippen LogP) is 3.78. The third kappa shape index (κ3) is 2.39. The van der Waals surface area contributed by atoms with E-state index in [1.165, 1.54) is 6.92 Å². The maximum absolute atomic E-state index is 12.2. The van der Waals surface area contributed by atoms with Crippen LogP contribution in [0.5, 0.6) is 0 Å². The zero-order chi connectivity index (χ0) is 19.8. The molecule has 0 radical (unpaired) electrons. The molecule has 2 bridgehead atoms. The van der Waals surface area contributed by atoms with Crippen LogP contribution in [0.2, 0.25) is 0 Å². The van der Waals surface area contributed by atoms with Gasteiger partial charge >= 0.3 is 11.9 Å². The summed E-state index contributed by atoms with van der Waals surface area (Å²) in [6.07, 6.45) is 6.15. The molecule has 27 heavy (non-hydrogen) atoms. The maximum atomic E-state index is 12.2. The van der Waals surface area contributed by atoms with Crippen molar-refractivity contribution >= 4 is 11.9 Å². The molecule has 4 saturated carbocycles. The van der Waals surface area contributed by atoms with Crippen LogP contribution < -0.4 is 0 Å². The number of fused-ring (bicyclic) bond motifs is 3. The van der Waals surface area contributed by atoms with Gasteiger partial charge < -0.3 is 14.9 Å². The topological polar surface area (TPSA) is 83.8 Å². The van der Waals surface area contributed by atoms with E-state index < -0.39 is 17.5 Å². The summed E-state index contributed by atoms with van der Waals surface area (Å²) in [6.45, 7) is 7.85. The quantitative estimate of drug-likeness (QED) is 0.715. The molecule has 4 fully saturated rings. The SMILES string of the molecule is CC(=O)O[C@@H]1C[C@@]23C[C@]1(C)CC[C@H]2[C@]1(C)CCC[C@@](C)(C(=O)O)[C@H]1C[C@@H]3O. The van der Waals surface area contributed by atoms with Gasteiger partial charge in [0.2, 0.25) is 0 Å². The van der Waals surface area contributed by atoms with Crippen molar-refractivity contribution < 1.29 is 24.5 Å². The highest BCUT2D eigenvalue weighted by Crippen LogP contribution is 2.74. The van der Waals surface area contributed by atoms with Crippen LogP contribution in [0.1, 0.15) is 79.1 Å². The third-order valence-corrected chi connectivity index (χ3v) is 9.47. The fraction of sp³-hybridized carbons (Fsp3) is 0.909. The molecule has 4 aliphatic rings. The van der Waals surface area contributed by atoms with E-state index in [9.17, 15) is 19.8 Å². The Morgan fingerprint density at radius 3 is 2.41 bits per heavy atom. The van der Waals surface area contributed by atoms with Crippen LogP contribution in [0.15, 0.2) is 0 Å². The first-order chi connectivity index (χ1) is 12.5. The average Bonchev–Trinajstić information content (AvgIpc) is 2.76. The van der Waals surface area contributed by atoms with Crippen molar-refractivity contribution in [2.24, 2.45) is 33.5 Å². The fourth-order valence-electron chi connectivity index (χ4n) is 8.24. The number of rotatable bonds is 2. The highest BCUT2D eigenvalue weighted by Gasteiger charge is 2.71. The van der Waals surface area contributed by atoms with Gasteiger partial charge in [-0.1, -0.05) is 20.3 Å². The van der Waals surface area contributed by atoms with Gasteiger partial charge in [0.05, 0.1) is 11.5 Å². The Hall–Kier alpha value is -1.10. The molecule has 1 spiro atoms. The van der Waals surface area contributed by atoms with E-state index in [0.717, 1.165) is 38.5 Å². The summed E-state index contributed by atoms with van der Waals surface area (Å²) >= 11 is 0. The highest BCUT2D eigenvalue weighted by atomic mass is 16.5. The Balaban J connectivity index is 1.75. The van der Waals surface area contributed by atoms with Gasteiger partial charge in [-0.15, -0.1) is 0 Å². The van der Waals surface area contributed by atoms with E-state index in [1.54, 1.807) is 0 Å². The Bertz CT molecular complexity index is 676. The minimum absolute atomic E-state index is 0.000920. The lowest BCUT2D eigenvalue weighted by Crippen LogP contribution is -2.63. The lowest BCUT2D eigenvalue weighted by molar-refractivity contribution is -0.211. The summed E-state index contributed by atoms with van der Waals surface area (Å²) in [6, 6.07) is 0. The van der Waals surface area contributed by atoms with Crippen molar-refractivity contribution in [2.75, 3.05) is 0 Å². The number of ether oxygens (including phenoxy) is 1. The molecule has 0 heterocycles. The zero-order valence-corrected chi connectivity index (χ0v) is 17.1. The summed E-state index contributed by atoms with van der Waals surface area (Å²) < 4.78 is 5.72. The van der Waals surface area contributed by atoms with Gasteiger partial charge in [0.15, 0.2) is 0 Å². The average molecular weight is 379 g/mol. The molecule has 0 unspecified atom stereocenters. The van der Waals surface area contributed by atoms with E-state index in [-0.39, 0.29) is 34.2 Å². The van der Waals surface area contributed by atoms with Crippen molar-refractivity contribution in [1.82, 2.24) is 0 Å². The fourth-order valence-corrected chi connectivity index (χ4v) is 8.24. The van der Waals surface area contributed by atoms with Gasteiger partial charge in [-0.05, 0) is 69.1 Å². The van der Waals surface area contributed by atoms with Crippen molar-refractivity contribution in [3.8, 4) is 0 Å². The van der Waals surface area contributed by atoms with Gasteiger partial charge in [0.1, 0.15) is 6.10 Å². The van der Waals surface area contributed by atoms with Crippen molar-refractivity contribution in [1.29, 1.82) is 0 Å². The second-order valence-corrected chi connectivity index (χ2v) is 10.8. The van der Waals surface area contributed by atoms with Crippen LogP contribution in [-0.4, -0.2) is 34.4 Å². The third-order valence-electron chi connectivity index (χ3n) is 9.47. The maximum Gasteiger partial charge on any atom is 0.309 e. The molecule has 5 heteroatoms. The molecule has 0 aromatic rings. The van der Waals surface area contributed by atoms with Crippen LogP contribution >= 0.6 is 0 Å². The molecule has 0 aromatic carbocycles. The summed E-state index contributed by atoms with van der Waals surface area (Å²) in [5.74, 6) is -0.663. The first-order valence-electron chi connectivity index (χ1n) is 10.6. The molecule has 0 amide bonds. The summed E-state index contributed by atoms with van der Waals surface area (Å²) in [7, 11) is 0. The Labute approximate surface area is 161 Å². The van der Waals surface area contributed by atoms with Gasteiger partial charge in [0, 0.05) is 17.8 Å².